The van der Waals surface area contributed by atoms with E-state index in [1.807, 2.05) is 18.2 Å². The first-order valence-corrected chi connectivity index (χ1v) is 14.1. The van der Waals surface area contributed by atoms with Gasteiger partial charge in [-0.25, -0.2) is 14.8 Å². The molecule has 0 radical (unpaired) electrons. The van der Waals surface area contributed by atoms with Gasteiger partial charge in [0.1, 0.15) is 0 Å². The average molecular weight is 628 g/mol. The molecular weight excluding hydrogens is 602 g/mol. The number of benzene rings is 3. The van der Waals surface area contributed by atoms with Crippen LogP contribution in [0.3, 0.4) is 0 Å². The third-order valence-corrected chi connectivity index (χ3v) is 7.44. The molecule has 0 bridgehead atoms. The number of aromatic nitrogens is 5. The molecule has 3 heterocycles. The van der Waals surface area contributed by atoms with E-state index in [1.54, 1.807) is 49.4 Å². The van der Waals surface area contributed by atoms with Crippen LogP contribution in [0.2, 0.25) is 5.02 Å². The topological polar surface area (TPSA) is 176 Å². The highest BCUT2D eigenvalue weighted by molar-refractivity contribution is 6.30. The molecule has 0 saturated carbocycles. The smallest absolute Gasteiger partial charge is 0.343 e. The van der Waals surface area contributed by atoms with Crippen molar-refractivity contribution in [2.45, 2.75) is 19.9 Å². The minimum atomic E-state index is -0.599. The maximum absolute atomic E-state index is 13.4. The molecule has 6 rings (SSSR count). The zero-order valence-corrected chi connectivity index (χ0v) is 24.9. The molecule has 15 heteroatoms. The number of hydrazone groups is 1. The molecule has 1 aliphatic rings. The Morgan fingerprint density at radius 3 is 2.60 bits per heavy atom. The second-order valence-corrected chi connectivity index (χ2v) is 10.4. The van der Waals surface area contributed by atoms with Gasteiger partial charge in [-0.2, -0.15) is 9.78 Å². The fourth-order valence-electron chi connectivity index (χ4n) is 4.85. The van der Waals surface area contributed by atoms with E-state index >= 15 is 0 Å². The maximum Gasteiger partial charge on any atom is 0.343 e. The van der Waals surface area contributed by atoms with Gasteiger partial charge in [-0.1, -0.05) is 35.0 Å². The molecule has 3 aromatic carbocycles. The summed E-state index contributed by atoms with van der Waals surface area (Å²) in [6.45, 7) is 2.73. The van der Waals surface area contributed by atoms with Crippen molar-refractivity contribution < 1.29 is 23.7 Å². The van der Waals surface area contributed by atoms with Crippen LogP contribution < -0.4 is 25.5 Å². The fraction of sp³-hybridized carbons (Fsp3) is 0.167. The van der Waals surface area contributed by atoms with Crippen LogP contribution in [0.1, 0.15) is 44.6 Å². The Hall–Kier alpha value is -5.76. The number of nitrogen functional groups attached to an aromatic ring is 1. The first-order valence-electron chi connectivity index (χ1n) is 13.7. The molecule has 5 aromatic rings. The average Bonchev–Trinajstić information content (AvgIpc) is 3.78. The molecule has 0 spiro atoms. The number of nitrogens with one attached hydrogen (secondary N) is 1. The number of nitrogens with two attached hydrogens (primary N) is 1. The van der Waals surface area contributed by atoms with E-state index in [9.17, 15) is 9.59 Å². The summed E-state index contributed by atoms with van der Waals surface area (Å²) in [7, 11) is 1.45. The van der Waals surface area contributed by atoms with E-state index in [4.69, 9.17) is 31.4 Å². The van der Waals surface area contributed by atoms with Crippen molar-refractivity contribution in [2.24, 2.45) is 5.10 Å². The van der Waals surface area contributed by atoms with Crippen molar-refractivity contribution in [2.75, 3.05) is 24.3 Å². The summed E-state index contributed by atoms with van der Waals surface area (Å²) in [5.41, 5.74) is 12.6. The van der Waals surface area contributed by atoms with Crippen molar-refractivity contribution in [1.29, 1.82) is 0 Å². The number of carbonyl (C=O) groups is 2. The monoisotopic (exact) mass is 627 g/mol. The molecule has 1 aliphatic heterocycles. The van der Waals surface area contributed by atoms with Gasteiger partial charge in [0, 0.05) is 22.8 Å². The Balaban J connectivity index is 1.22. The van der Waals surface area contributed by atoms with Crippen LogP contribution >= 0.6 is 11.6 Å². The number of hydrogen-bond donors (Lipinski definition) is 2. The van der Waals surface area contributed by atoms with Crippen molar-refractivity contribution in [3.8, 4) is 17.3 Å². The molecule has 0 fully saturated rings. The number of amides is 1. The summed E-state index contributed by atoms with van der Waals surface area (Å²) >= 11 is 5.91. The molecular formula is C30H26ClN9O5. The SMILES string of the molecule is COc1cc(/C(C)=N\NC(=O)c2nnn(-c3nonc3N)c2CN2CCc3ccccc32)ccc1OC(=O)c1ccc(Cl)cc1. The summed E-state index contributed by atoms with van der Waals surface area (Å²) in [5, 5.41) is 20.5. The van der Waals surface area contributed by atoms with Crippen LogP contribution in [0.15, 0.2) is 76.5 Å². The molecule has 0 unspecified atom stereocenters. The van der Waals surface area contributed by atoms with Crippen LogP contribution in [0, 0.1) is 0 Å². The maximum atomic E-state index is 13.4. The van der Waals surface area contributed by atoms with Crippen molar-refractivity contribution in [3.63, 3.8) is 0 Å². The molecule has 1 amide bonds. The fourth-order valence-corrected chi connectivity index (χ4v) is 4.98. The second-order valence-electron chi connectivity index (χ2n) is 9.97. The predicted octanol–water partition coefficient (Wildman–Crippen LogP) is 3.83. The number of rotatable bonds is 9. The zero-order chi connectivity index (χ0) is 31.5. The lowest BCUT2D eigenvalue weighted by molar-refractivity contribution is 0.0729. The van der Waals surface area contributed by atoms with Crippen molar-refractivity contribution in [1.82, 2.24) is 30.7 Å². The summed E-state index contributed by atoms with van der Waals surface area (Å²) in [5.74, 6) is -0.541. The zero-order valence-electron chi connectivity index (χ0n) is 24.1. The number of hydrogen-bond acceptors (Lipinski definition) is 12. The van der Waals surface area contributed by atoms with Gasteiger partial charge in [0.15, 0.2) is 17.2 Å². The van der Waals surface area contributed by atoms with E-state index in [1.165, 1.54) is 17.4 Å². The Labute approximate surface area is 261 Å². The Bertz CT molecular complexity index is 1920. The van der Waals surface area contributed by atoms with Gasteiger partial charge < -0.3 is 20.1 Å². The molecule has 228 valence electrons. The Morgan fingerprint density at radius 1 is 1.07 bits per heavy atom. The highest BCUT2D eigenvalue weighted by Gasteiger charge is 2.28. The number of ether oxygens (including phenoxy) is 2. The third kappa shape index (κ3) is 6.03. The highest BCUT2D eigenvalue weighted by Crippen LogP contribution is 2.31. The first kappa shape index (κ1) is 29.3. The molecule has 2 aromatic heterocycles. The number of halogens is 1. The number of methoxy groups -OCH3 is 1. The molecule has 14 nitrogen and oxygen atoms in total. The number of para-hydroxylation sites is 1. The lowest BCUT2D eigenvalue weighted by atomic mass is 10.1. The summed E-state index contributed by atoms with van der Waals surface area (Å²) in [4.78, 5) is 28.1. The van der Waals surface area contributed by atoms with Crippen LogP contribution in [-0.4, -0.2) is 56.5 Å². The van der Waals surface area contributed by atoms with Crippen molar-refractivity contribution >= 4 is 40.7 Å². The van der Waals surface area contributed by atoms with E-state index in [-0.39, 0.29) is 29.6 Å². The van der Waals surface area contributed by atoms with Gasteiger partial charge in [0.05, 0.1) is 30.6 Å². The number of anilines is 2. The van der Waals surface area contributed by atoms with Gasteiger partial charge in [-0.15, -0.1) is 5.10 Å². The predicted molar refractivity (Wildman–Crippen MR) is 164 cm³/mol. The third-order valence-electron chi connectivity index (χ3n) is 7.19. The van der Waals surface area contributed by atoms with Gasteiger partial charge in [0.25, 0.3) is 5.91 Å². The number of fused-ring (bicyclic) bond motifs is 1. The molecule has 0 aliphatic carbocycles. The summed E-state index contributed by atoms with van der Waals surface area (Å²) in [6, 6.07) is 19.3. The minimum absolute atomic E-state index is 0.0000324. The standard InChI is InChI=1S/C30H26ClN9O5/c1-17(20-9-12-24(25(15-20)43-2)44-30(42)19-7-10-21(31)11-8-19)33-35-29(41)26-23(40(38-34-26)28-27(32)36-45-37-28)16-39-14-13-18-5-3-4-6-22(18)39/h3-12,15H,13-14,16H2,1-2H3,(H2,32,36)(H,35,41)/b33-17-. The number of nitrogens with zero attached hydrogens (tertiary/aromatic N) is 7. The van der Waals surface area contributed by atoms with Crippen LogP contribution in [0.4, 0.5) is 11.5 Å². The van der Waals surface area contributed by atoms with E-state index in [0.717, 1.165) is 18.7 Å². The lowest BCUT2D eigenvalue weighted by Gasteiger charge is -2.19. The first-order chi connectivity index (χ1) is 21.8. The molecule has 3 N–H and O–H groups in total. The normalized spacial score (nSPS) is 12.6. The van der Waals surface area contributed by atoms with Gasteiger partial charge in [-0.3, -0.25) is 4.79 Å². The van der Waals surface area contributed by atoms with Crippen molar-refractivity contribution in [3.05, 3.63) is 99.8 Å². The highest BCUT2D eigenvalue weighted by atomic mass is 35.5. The minimum Gasteiger partial charge on any atom is -0.493 e. The molecule has 0 atom stereocenters. The van der Waals surface area contributed by atoms with Gasteiger partial charge in [0.2, 0.25) is 11.6 Å². The van der Waals surface area contributed by atoms with Crippen LogP contribution in [0.25, 0.3) is 5.82 Å². The van der Waals surface area contributed by atoms with E-state index < -0.39 is 11.9 Å². The Kier molecular flexibility index (Phi) is 8.12. The molecule has 45 heavy (non-hydrogen) atoms. The Morgan fingerprint density at radius 2 is 1.84 bits per heavy atom. The number of esters is 1. The van der Waals surface area contributed by atoms with Crippen LogP contribution in [-0.2, 0) is 13.0 Å². The van der Waals surface area contributed by atoms with Crippen LogP contribution in [0.5, 0.6) is 11.5 Å². The summed E-state index contributed by atoms with van der Waals surface area (Å²) in [6.07, 6.45) is 0.860. The quantitative estimate of drug-likeness (QED) is 0.105. The van der Waals surface area contributed by atoms with E-state index in [2.05, 4.69) is 42.1 Å². The number of carbonyl (C=O) groups excluding carboxylic acids is 2. The largest absolute Gasteiger partial charge is 0.493 e. The second kappa shape index (κ2) is 12.5. The molecule has 0 saturated heterocycles. The lowest BCUT2D eigenvalue weighted by Crippen LogP contribution is -2.26. The van der Waals surface area contributed by atoms with E-state index in [0.29, 0.717) is 33.3 Å². The summed E-state index contributed by atoms with van der Waals surface area (Å²) < 4.78 is 17.1. The van der Waals surface area contributed by atoms with Gasteiger partial charge >= 0.3 is 5.97 Å². The van der Waals surface area contributed by atoms with Gasteiger partial charge in [-0.05, 0) is 77.8 Å².